The van der Waals surface area contributed by atoms with E-state index in [1.54, 1.807) is 0 Å². The number of nitrogens with zero attached hydrogens (tertiary/aromatic N) is 1. The molecule has 0 amide bonds. The van der Waals surface area contributed by atoms with Gasteiger partial charge in [0.25, 0.3) is 0 Å². The predicted molar refractivity (Wildman–Crippen MR) is 81.5 cm³/mol. The van der Waals surface area contributed by atoms with Crippen LogP contribution in [0.1, 0.15) is 42.8 Å². The maximum atomic E-state index is 6.26. The van der Waals surface area contributed by atoms with Crippen molar-refractivity contribution in [3.8, 4) is 11.4 Å². The maximum Gasteiger partial charge on any atom is 0.143 e. The minimum Gasteiger partial charge on any atom is -0.492 e. The lowest BCUT2D eigenvalue weighted by atomic mass is 9.93. The van der Waals surface area contributed by atoms with Crippen LogP contribution in [0.4, 0.5) is 0 Å². The van der Waals surface area contributed by atoms with Crippen LogP contribution < -0.4 is 10.5 Å². The first-order valence-electron chi connectivity index (χ1n) is 7.41. The molecule has 2 N–H and O–H groups in total. The highest BCUT2D eigenvalue weighted by molar-refractivity contribution is 5.51. The predicted octanol–water partition coefficient (Wildman–Crippen LogP) is 3.52. The quantitative estimate of drug-likeness (QED) is 0.927. The monoisotopic (exact) mass is 270 g/mol. The molecule has 3 nitrogen and oxygen atoms in total. The Balaban J connectivity index is 2.16. The van der Waals surface area contributed by atoms with Gasteiger partial charge in [0, 0.05) is 17.4 Å². The largest absolute Gasteiger partial charge is 0.492 e. The Morgan fingerprint density at radius 1 is 1.35 bits per heavy atom. The van der Waals surface area contributed by atoms with Crippen molar-refractivity contribution in [2.45, 2.75) is 39.2 Å². The zero-order chi connectivity index (χ0) is 14.1. The van der Waals surface area contributed by atoms with Crippen molar-refractivity contribution in [1.82, 2.24) is 4.57 Å². The summed E-state index contributed by atoms with van der Waals surface area (Å²) in [6, 6.07) is 10.7. The highest BCUT2D eigenvalue weighted by Crippen LogP contribution is 2.35. The van der Waals surface area contributed by atoms with Gasteiger partial charge in [0.1, 0.15) is 5.75 Å². The third-order valence-corrected chi connectivity index (χ3v) is 4.05. The van der Waals surface area contributed by atoms with Crippen molar-refractivity contribution >= 4 is 0 Å². The maximum absolute atomic E-state index is 6.26. The number of aromatic nitrogens is 1. The lowest BCUT2D eigenvalue weighted by Gasteiger charge is -2.22. The van der Waals surface area contributed by atoms with Crippen molar-refractivity contribution < 1.29 is 4.74 Å². The van der Waals surface area contributed by atoms with Gasteiger partial charge in [0.15, 0.2) is 0 Å². The van der Waals surface area contributed by atoms with Crippen molar-refractivity contribution in [3.63, 3.8) is 0 Å². The highest BCUT2D eigenvalue weighted by atomic mass is 16.5. The molecule has 1 aromatic heterocycles. The van der Waals surface area contributed by atoms with E-state index in [0.29, 0.717) is 6.61 Å². The minimum atomic E-state index is 0.179. The number of aryl methyl sites for hydroxylation is 1. The van der Waals surface area contributed by atoms with E-state index in [9.17, 15) is 0 Å². The number of ether oxygens (including phenoxy) is 1. The molecule has 3 heteroatoms. The van der Waals surface area contributed by atoms with E-state index >= 15 is 0 Å². The van der Waals surface area contributed by atoms with Gasteiger partial charge in [0.05, 0.1) is 12.3 Å². The number of nitrogens with two attached hydrogens (primary N) is 1. The first-order chi connectivity index (χ1) is 9.72. The molecule has 1 aromatic carbocycles. The summed E-state index contributed by atoms with van der Waals surface area (Å²) < 4.78 is 8.10. The van der Waals surface area contributed by atoms with Crippen molar-refractivity contribution in [2.24, 2.45) is 5.73 Å². The standard InChI is InChI=1S/C17H22N2O/c1-3-20-17-10-5-4-8-16(17)19-12(2)11-13-14(18)7-6-9-15(13)19/h4-5,8,10-11,14H,3,6-7,9,18H2,1-2H3. The van der Waals surface area contributed by atoms with Gasteiger partial charge in [0.2, 0.25) is 0 Å². The van der Waals surface area contributed by atoms with Crippen LogP contribution in [0.2, 0.25) is 0 Å². The SMILES string of the molecule is CCOc1ccccc1-n1c(C)cc2c1CCCC2N. The summed E-state index contributed by atoms with van der Waals surface area (Å²) in [5.74, 6) is 0.940. The van der Waals surface area contributed by atoms with Crippen LogP contribution in [0.5, 0.6) is 5.75 Å². The Hall–Kier alpha value is -1.74. The zero-order valence-electron chi connectivity index (χ0n) is 12.2. The fourth-order valence-corrected chi connectivity index (χ4v) is 3.19. The Morgan fingerprint density at radius 2 is 2.15 bits per heavy atom. The molecule has 0 saturated heterocycles. The Bertz CT molecular complexity index is 615. The summed E-state index contributed by atoms with van der Waals surface area (Å²) in [4.78, 5) is 0. The van der Waals surface area contributed by atoms with Crippen molar-refractivity contribution in [1.29, 1.82) is 0 Å². The molecule has 1 unspecified atom stereocenters. The number of hydrogen-bond donors (Lipinski definition) is 1. The summed E-state index contributed by atoms with van der Waals surface area (Å²) in [5.41, 5.74) is 11.3. The summed E-state index contributed by atoms with van der Waals surface area (Å²) in [7, 11) is 0. The topological polar surface area (TPSA) is 40.2 Å². The smallest absolute Gasteiger partial charge is 0.143 e. The van der Waals surface area contributed by atoms with Gasteiger partial charge in [-0.1, -0.05) is 12.1 Å². The summed E-state index contributed by atoms with van der Waals surface area (Å²) in [6.45, 7) is 4.84. The average molecular weight is 270 g/mol. The normalized spacial score (nSPS) is 17.9. The zero-order valence-corrected chi connectivity index (χ0v) is 12.2. The van der Waals surface area contributed by atoms with Gasteiger partial charge in [-0.2, -0.15) is 0 Å². The lowest BCUT2D eigenvalue weighted by Crippen LogP contribution is -2.18. The van der Waals surface area contributed by atoms with E-state index < -0.39 is 0 Å². The van der Waals surface area contributed by atoms with E-state index in [-0.39, 0.29) is 6.04 Å². The second kappa shape index (κ2) is 5.33. The molecule has 0 spiro atoms. The molecule has 0 saturated carbocycles. The van der Waals surface area contributed by atoms with Crippen molar-refractivity contribution in [3.05, 3.63) is 47.3 Å². The molecule has 2 aromatic rings. The number of rotatable bonds is 3. The highest BCUT2D eigenvalue weighted by Gasteiger charge is 2.23. The molecule has 0 aliphatic heterocycles. The Morgan fingerprint density at radius 3 is 2.95 bits per heavy atom. The number of benzene rings is 1. The van der Waals surface area contributed by atoms with E-state index in [1.807, 2.05) is 19.1 Å². The minimum absolute atomic E-state index is 0.179. The Labute approximate surface area is 120 Å². The van der Waals surface area contributed by atoms with E-state index in [1.165, 1.54) is 17.0 Å². The number of fused-ring (bicyclic) bond motifs is 1. The molecular formula is C17H22N2O. The first kappa shape index (κ1) is 13.3. The fraction of sp³-hybridized carbons (Fsp3) is 0.412. The molecule has 106 valence electrons. The molecule has 0 bridgehead atoms. The first-order valence-corrected chi connectivity index (χ1v) is 7.41. The second-order valence-corrected chi connectivity index (χ2v) is 5.42. The van der Waals surface area contributed by atoms with Gasteiger partial charge in [-0.3, -0.25) is 0 Å². The number of para-hydroxylation sites is 2. The van der Waals surface area contributed by atoms with Crippen LogP contribution in [-0.4, -0.2) is 11.2 Å². The Kier molecular flexibility index (Phi) is 3.53. The van der Waals surface area contributed by atoms with Gasteiger partial charge in [-0.25, -0.2) is 0 Å². The van der Waals surface area contributed by atoms with Gasteiger partial charge in [-0.05, 0) is 56.9 Å². The third kappa shape index (κ3) is 2.12. The number of hydrogen-bond acceptors (Lipinski definition) is 2. The molecule has 0 radical (unpaired) electrons. The average Bonchev–Trinajstić information content (AvgIpc) is 2.78. The van der Waals surface area contributed by atoms with Crippen LogP contribution >= 0.6 is 0 Å². The van der Waals surface area contributed by atoms with E-state index in [0.717, 1.165) is 30.7 Å². The van der Waals surface area contributed by atoms with Crippen molar-refractivity contribution in [2.75, 3.05) is 6.61 Å². The van der Waals surface area contributed by atoms with Crippen LogP contribution in [0.25, 0.3) is 5.69 Å². The van der Waals surface area contributed by atoms with Gasteiger partial charge in [-0.15, -0.1) is 0 Å². The van der Waals surface area contributed by atoms with Gasteiger partial charge >= 0.3 is 0 Å². The molecule has 1 aliphatic rings. The summed E-state index contributed by atoms with van der Waals surface area (Å²) in [6.07, 6.45) is 3.34. The van der Waals surface area contributed by atoms with Crippen LogP contribution in [0.15, 0.2) is 30.3 Å². The molecule has 1 heterocycles. The summed E-state index contributed by atoms with van der Waals surface area (Å²) in [5, 5.41) is 0. The second-order valence-electron chi connectivity index (χ2n) is 5.42. The molecule has 1 aliphatic carbocycles. The molecular weight excluding hydrogens is 248 g/mol. The molecule has 20 heavy (non-hydrogen) atoms. The molecule has 1 atom stereocenters. The van der Waals surface area contributed by atoms with E-state index in [2.05, 4.69) is 29.7 Å². The van der Waals surface area contributed by atoms with E-state index in [4.69, 9.17) is 10.5 Å². The molecule has 0 fully saturated rings. The summed E-state index contributed by atoms with van der Waals surface area (Å²) >= 11 is 0. The van der Waals surface area contributed by atoms with Gasteiger partial charge < -0.3 is 15.0 Å². The lowest BCUT2D eigenvalue weighted by molar-refractivity contribution is 0.338. The molecule has 3 rings (SSSR count). The van der Waals surface area contributed by atoms with Crippen LogP contribution in [0, 0.1) is 6.92 Å². The fourth-order valence-electron chi connectivity index (χ4n) is 3.19. The van der Waals surface area contributed by atoms with Crippen LogP contribution in [-0.2, 0) is 6.42 Å². The van der Waals surface area contributed by atoms with Crippen LogP contribution in [0.3, 0.4) is 0 Å². The third-order valence-electron chi connectivity index (χ3n) is 4.05.